The van der Waals surface area contributed by atoms with Crippen LogP contribution in [0.25, 0.3) is 0 Å². The highest BCUT2D eigenvalue weighted by atomic mass is 16.3. The lowest BCUT2D eigenvalue weighted by atomic mass is 10.1. The molecule has 1 heterocycles. The number of likely N-dealkylation sites (tertiary alicyclic amines) is 1. The number of carbonyl (C=O) groups is 1. The van der Waals surface area contributed by atoms with Crippen molar-refractivity contribution in [2.45, 2.75) is 25.8 Å². The highest BCUT2D eigenvalue weighted by molar-refractivity contribution is 5.94. The van der Waals surface area contributed by atoms with Crippen molar-refractivity contribution >= 4 is 5.91 Å². The predicted molar refractivity (Wildman–Crippen MR) is 70.7 cm³/mol. The molecule has 0 bridgehead atoms. The zero-order valence-electron chi connectivity index (χ0n) is 10.7. The Morgan fingerprint density at radius 1 is 1.56 bits per heavy atom. The molecular weight excluding hydrogens is 228 g/mol. The van der Waals surface area contributed by atoms with Gasteiger partial charge in [0.05, 0.1) is 0 Å². The molecule has 1 unspecified atom stereocenters. The van der Waals surface area contributed by atoms with Gasteiger partial charge in [0, 0.05) is 18.2 Å². The fourth-order valence-electron chi connectivity index (χ4n) is 2.38. The van der Waals surface area contributed by atoms with Crippen LogP contribution in [0.4, 0.5) is 0 Å². The summed E-state index contributed by atoms with van der Waals surface area (Å²) in [6.07, 6.45) is 2.15. The van der Waals surface area contributed by atoms with E-state index in [9.17, 15) is 9.90 Å². The van der Waals surface area contributed by atoms with Gasteiger partial charge in [0.1, 0.15) is 5.75 Å². The largest absolute Gasteiger partial charge is 0.508 e. The molecule has 18 heavy (non-hydrogen) atoms. The molecule has 1 amide bonds. The molecule has 0 saturated carbocycles. The van der Waals surface area contributed by atoms with E-state index in [1.54, 1.807) is 18.2 Å². The van der Waals surface area contributed by atoms with E-state index < -0.39 is 0 Å². The molecule has 2 N–H and O–H groups in total. The van der Waals surface area contributed by atoms with Crippen LogP contribution in [0.5, 0.6) is 5.75 Å². The monoisotopic (exact) mass is 248 g/mol. The number of phenols is 1. The van der Waals surface area contributed by atoms with E-state index in [1.807, 2.05) is 0 Å². The highest BCUT2D eigenvalue weighted by Crippen LogP contribution is 2.13. The average Bonchev–Trinajstić information content (AvgIpc) is 2.39. The molecule has 1 aliphatic rings. The summed E-state index contributed by atoms with van der Waals surface area (Å²) < 4.78 is 0. The van der Waals surface area contributed by atoms with Crippen LogP contribution in [0.15, 0.2) is 24.3 Å². The first-order valence-corrected chi connectivity index (χ1v) is 6.51. The summed E-state index contributed by atoms with van der Waals surface area (Å²) in [4.78, 5) is 14.4. The van der Waals surface area contributed by atoms with Crippen molar-refractivity contribution in [1.82, 2.24) is 10.2 Å². The molecular formula is C14H20N2O2. The fraction of sp³-hybridized carbons (Fsp3) is 0.500. The molecule has 1 atom stereocenters. The number of rotatable bonds is 3. The van der Waals surface area contributed by atoms with Gasteiger partial charge in [0.2, 0.25) is 0 Å². The summed E-state index contributed by atoms with van der Waals surface area (Å²) in [7, 11) is 0. The number of hydrogen-bond acceptors (Lipinski definition) is 3. The highest BCUT2D eigenvalue weighted by Gasteiger charge is 2.20. The standard InChI is InChI=1S/C14H20N2O2/c1-2-16-8-4-6-12(10-16)15-14(18)11-5-3-7-13(17)9-11/h3,5,7,9,12,17H,2,4,6,8,10H2,1H3,(H,15,18). The minimum atomic E-state index is -0.103. The number of nitrogens with one attached hydrogen (secondary N) is 1. The first-order valence-electron chi connectivity index (χ1n) is 6.51. The third kappa shape index (κ3) is 3.23. The number of aromatic hydroxyl groups is 1. The normalized spacial score (nSPS) is 20.6. The molecule has 0 radical (unpaired) electrons. The maximum absolute atomic E-state index is 12.0. The van der Waals surface area contributed by atoms with Gasteiger partial charge in [-0.3, -0.25) is 4.79 Å². The van der Waals surface area contributed by atoms with Crippen molar-refractivity contribution in [3.8, 4) is 5.75 Å². The Kier molecular flexibility index (Phi) is 4.20. The van der Waals surface area contributed by atoms with Gasteiger partial charge in [-0.15, -0.1) is 0 Å². The van der Waals surface area contributed by atoms with Gasteiger partial charge in [-0.1, -0.05) is 13.0 Å². The minimum absolute atomic E-state index is 0.103. The van der Waals surface area contributed by atoms with Crippen LogP contribution in [0.2, 0.25) is 0 Å². The Hall–Kier alpha value is -1.55. The van der Waals surface area contributed by atoms with Gasteiger partial charge in [-0.05, 0) is 44.1 Å². The Bertz CT molecular complexity index is 420. The number of likely N-dealkylation sites (N-methyl/N-ethyl adjacent to an activating group) is 1. The van der Waals surface area contributed by atoms with E-state index >= 15 is 0 Å². The van der Waals surface area contributed by atoms with Crippen molar-refractivity contribution in [2.75, 3.05) is 19.6 Å². The third-order valence-corrected chi connectivity index (χ3v) is 3.40. The van der Waals surface area contributed by atoms with E-state index in [4.69, 9.17) is 0 Å². The number of carbonyl (C=O) groups excluding carboxylic acids is 1. The molecule has 1 fully saturated rings. The van der Waals surface area contributed by atoms with E-state index in [-0.39, 0.29) is 17.7 Å². The first-order chi connectivity index (χ1) is 8.69. The van der Waals surface area contributed by atoms with Crippen LogP contribution in [-0.2, 0) is 0 Å². The molecule has 1 saturated heterocycles. The summed E-state index contributed by atoms with van der Waals surface area (Å²) >= 11 is 0. The summed E-state index contributed by atoms with van der Waals surface area (Å²) in [5, 5.41) is 12.4. The Morgan fingerprint density at radius 3 is 3.11 bits per heavy atom. The van der Waals surface area contributed by atoms with Gasteiger partial charge < -0.3 is 15.3 Å². The van der Waals surface area contributed by atoms with Crippen molar-refractivity contribution in [3.63, 3.8) is 0 Å². The van der Waals surface area contributed by atoms with Crippen LogP contribution >= 0.6 is 0 Å². The summed E-state index contributed by atoms with van der Waals surface area (Å²) in [6.45, 7) is 5.20. The second kappa shape index (κ2) is 5.87. The average molecular weight is 248 g/mol. The SMILES string of the molecule is CCN1CCCC(NC(=O)c2cccc(O)c2)C1. The van der Waals surface area contributed by atoms with Gasteiger partial charge in [0.15, 0.2) is 0 Å². The number of benzene rings is 1. The number of nitrogens with zero attached hydrogens (tertiary/aromatic N) is 1. The molecule has 2 rings (SSSR count). The third-order valence-electron chi connectivity index (χ3n) is 3.40. The molecule has 4 nitrogen and oxygen atoms in total. The van der Waals surface area contributed by atoms with Crippen LogP contribution < -0.4 is 5.32 Å². The number of piperidine rings is 1. The number of amides is 1. The maximum Gasteiger partial charge on any atom is 0.251 e. The smallest absolute Gasteiger partial charge is 0.251 e. The van der Waals surface area contributed by atoms with Gasteiger partial charge in [-0.25, -0.2) is 0 Å². The molecule has 1 aromatic carbocycles. The predicted octanol–water partition coefficient (Wildman–Crippen LogP) is 1.61. The summed E-state index contributed by atoms with van der Waals surface area (Å²) in [5.41, 5.74) is 0.517. The van der Waals surface area contributed by atoms with Crippen LogP contribution in [0.3, 0.4) is 0 Å². The van der Waals surface area contributed by atoms with E-state index in [1.165, 1.54) is 6.07 Å². The van der Waals surface area contributed by atoms with Crippen molar-refractivity contribution in [3.05, 3.63) is 29.8 Å². The van der Waals surface area contributed by atoms with Gasteiger partial charge >= 0.3 is 0 Å². The first kappa shape index (κ1) is 12.9. The lowest BCUT2D eigenvalue weighted by Crippen LogP contribution is -2.47. The van der Waals surface area contributed by atoms with Gasteiger partial charge in [-0.2, -0.15) is 0 Å². The molecule has 0 aromatic heterocycles. The quantitative estimate of drug-likeness (QED) is 0.854. The van der Waals surface area contributed by atoms with Crippen LogP contribution in [-0.4, -0.2) is 41.6 Å². The lowest BCUT2D eigenvalue weighted by molar-refractivity contribution is 0.0905. The summed E-state index contributed by atoms with van der Waals surface area (Å²) in [5.74, 6) is 0.0235. The lowest BCUT2D eigenvalue weighted by Gasteiger charge is -2.32. The molecule has 0 spiro atoms. The van der Waals surface area contributed by atoms with Gasteiger partial charge in [0.25, 0.3) is 5.91 Å². The second-order valence-electron chi connectivity index (χ2n) is 4.76. The number of phenolic OH excluding ortho intramolecular Hbond substituents is 1. The second-order valence-corrected chi connectivity index (χ2v) is 4.76. The Labute approximate surface area is 108 Å². The molecule has 1 aromatic rings. The van der Waals surface area contributed by atoms with E-state index in [0.29, 0.717) is 5.56 Å². The Balaban J connectivity index is 1.95. The van der Waals surface area contributed by atoms with Crippen LogP contribution in [0, 0.1) is 0 Å². The van der Waals surface area contributed by atoms with E-state index in [0.717, 1.165) is 32.5 Å². The van der Waals surface area contributed by atoms with Crippen molar-refractivity contribution < 1.29 is 9.90 Å². The zero-order valence-corrected chi connectivity index (χ0v) is 10.7. The maximum atomic E-state index is 12.0. The molecule has 0 aliphatic carbocycles. The molecule has 1 aliphatic heterocycles. The molecule has 4 heteroatoms. The zero-order chi connectivity index (χ0) is 13.0. The van der Waals surface area contributed by atoms with Crippen molar-refractivity contribution in [1.29, 1.82) is 0 Å². The fourth-order valence-corrected chi connectivity index (χ4v) is 2.38. The topological polar surface area (TPSA) is 52.6 Å². The van der Waals surface area contributed by atoms with Crippen molar-refractivity contribution in [2.24, 2.45) is 0 Å². The summed E-state index contributed by atoms with van der Waals surface area (Å²) in [6, 6.07) is 6.68. The Morgan fingerprint density at radius 2 is 2.39 bits per heavy atom. The van der Waals surface area contributed by atoms with Crippen LogP contribution in [0.1, 0.15) is 30.1 Å². The number of hydrogen-bond donors (Lipinski definition) is 2. The van der Waals surface area contributed by atoms with E-state index in [2.05, 4.69) is 17.1 Å². The minimum Gasteiger partial charge on any atom is -0.508 e. The molecule has 98 valence electrons.